The fourth-order valence-corrected chi connectivity index (χ4v) is 4.43. The Balaban J connectivity index is 1.47. The van der Waals surface area contributed by atoms with Crippen molar-refractivity contribution in [1.82, 2.24) is 14.9 Å². The molecule has 0 aliphatic carbocycles. The van der Waals surface area contributed by atoms with Crippen molar-refractivity contribution in [2.45, 2.75) is 19.9 Å². The SMILES string of the molecule is CCOc1ccccc1N1CCNC(CN(CCOC)c2ccc(-n3ccnc3C)cc2)C1. The number of benzene rings is 2. The highest BCUT2D eigenvalue weighted by atomic mass is 16.5. The molecule has 1 saturated heterocycles. The number of nitrogens with one attached hydrogen (secondary N) is 1. The molecule has 7 nitrogen and oxygen atoms in total. The molecule has 1 aliphatic heterocycles. The van der Waals surface area contributed by atoms with Gasteiger partial charge in [0.05, 0.1) is 18.9 Å². The number of aromatic nitrogens is 2. The summed E-state index contributed by atoms with van der Waals surface area (Å²) in [6.45, 7) is 10.00. The van der Waals surface area contributed by atoms with E-state index in [0.717, 1.165) is 50.0 Å². The van der Waals surface area contributed by atoms with Crippen LogP contribution < -0.4 is 19.9 Å². The molecule has 33 heavy (non-hydrogen) atoms. The van der Waals surface area contributed by atoms with Crippen molar-refractivity contribution in [2.75, 3.05) is 62.8 Å². The van der Waals surface area contributed by atoms with E-state index in [1.807, 2.05) is 32.3 Å². The van der Waals surface area contributed by atoms with E-state index in [0.29, 0.717) is 19.3 Å². The van der Waals surface area contributed by atoms with Crippen molar-refractivity contribution in [3.63, 3.8) is 0 Å². The van der Waals surface area contributed by atoms with Gasteiger partial charge in [-0.15, -0.1) is 0 Å². The van der Waals surface area contributed by atoms with E-state index in [9.17, 15) is 0 Å². The molecule has 3 aromatic rings. The number of methoxy groups -OCH3 is 1. The fourth-order valence-electron chi connectivity index (χ4n) is 4.43. The minimum Gasteiger partial charge on any atom is -0.492 e. The number of hydrogen-bond donors (Lipinski definition) is 1. The number of para-hydroxylation sites is 2. The Labute approximate surface area is 196 Å². The molecule has 0 saturated carbocycles. The zero-order valence-electron chi connectivity index (χ0n) is 19.9. The molecule has 1 fully saturated rings. The van der Waals surface area contributed by atoms with Crippen LogP contribution in [0.2, 0.25) is 0 Å². The average Bonchev–Trinajstić information content (AvgIpc) is 3.28. The predicted octanol–water partition coefficient (Wildman–Crippen LogP) is 3.51. The van der Waals surface area contributed by atoms with Crippen molar-refractivity contribution in [3.05, 3.63) is 66.7 Å². The summed E-state index contributed by atoms with van der Waals surface area (Å²) < 4.78 is 13.4. The monoisotopic (exact) mass is 449 g/mol. The lowest BCUT2D eigenvalue weighted by atomic mass is 10.1. The molecule has 0 bridgehead atoms. The molecule has 0 amide bonds. The summed E-state index contributed by atoms with van der Waals surface area (Å²) >= 11 is 0. The zero-order valence-corrected chi connectivity index (χ0v) is 19.9. The lowest BCUT2D eigenvalue weighted by Gasteiger charge is -2.38. The van der Waals surface area contributed by atoms with Gasteiger partial charge in [-0.25, -0.2) is 4.98 Å². The van der Waals surface area contributed by atoms with Gasteiger partial charge < -0.3 is 29.2 Å². The van der Waals surface area contributed by atoms with Gasteiger partial charge >= 0.3 is 0 Å². The second-order valence-electron chi connectivity index (χ2n) is 8.30. The third kappa shape index (κ3) is 5.67. The average molecular weight is 450 g/mol. The summed E-state index contributed by atoms with van der Waals surface area (Å²) in [5.41, 5.74) is 3.49. The Morgan fingerprint density at radius 2 is 1.97 bits per heavy atom. The number of anilines is 2. The van der Waals surface area contributed by atoms with Crippen LogP contribution in [-0.4, -0.2) is 68.6 Å². The number of nitrogens with zero attached hydrogens (tertiary/aromatic N) is 4. The minimum absolute atomic E-state index is 0.334. The first-order valence-electron chi connectivity index (χ1n) is 11.7. The van der Waals surface area contributed by atoms with Crippen molar-refractivity contribution in [1.29, 1.82) is 0 Å². The van der Waals surface area contributed by atoms with Crippen LogP contribution in [0.3, 0.4) is 0 Å². The molecule has 1 aliphatic rings. The van der Waals surface area contributed by atoms with Gasteiger partial charge in [0.15, 0.2) is 0 Å². The molecule has 2 aromatic carbocycles. The van der Waals surface area contributed by atoms with Crippen LogP contribution in [-0.2, 0) is 4.74 Å². The first kappa shape index (κ1) is 23.1. The summed E-state index contributed by atoms with van der Waals surface area (Å²) in [4.78, 5) is 9.17. The molecule has 1 atom stereocenters. The van der Waals surface area contributed by atoms with E-state index < -0.39 is 0 Å². The molecule has 176 valence electrons. The second kappa shape index (κ2) is 11.2. The predicted molar refractivity (Wildman–Crippen MR) is 134 cm³/mol. The van der Waals surface area contributed by atoms with Crippen LogP contribution in [0.25, 0.3) is 5.69 Å². The Morgan fingerprint density at radius 3 is 2.70 bits per heavy atom. The standard InChI is InChI=1S/C26H35N5O2/c1-4-33-26-8-6-5-7-25(26)30-15-13-28-22(20-30)19-29(17-18-32-3)23-9-11-24(12-10-23)31-16-14-27-21(31)2/h5-12,14,16,22,28H,4,13,15,17-20H2,1-3H3. The molecule has 0 spiro atoms. The number of rotatable bonds is 10. The van der Waals surface area contributed by atoms with E-state index in [1.54, 1.807) is 7.11 Å². The maximum absolute atomic E-state index is 5.88. The van der Waals surface area contributed by atoms with Gasteiger partial charge in [0, 0.05) is 69.6 Å². The molecular weight excluding hydrogens is 414 g/mol. The molecule has 7 heteroatoms. The first-order valence-corrected chi connectivity index (χ1v) is 11.7. The molecule has 1 N–H and O–H groups in total. The van der Waals surface area contributed by atoms with E-state index in [1.165, 1.54) is 11.4 Å². The Hall–Kier alpha value is -3.03. The third-order valence-corrected chi connectivity index (χ3v) is 6.09. The van der Waals surface area contributed by atoms with Crippen LogP contribution in [0.15, 0.2) is 60.9 Å². The van der Waals surface area contributed by atoms with Gasteiger partial charge in [0.1, 0.15) is 11.6 Å². The third-order valence-electron chi connectivity index (χ3n) is 6.09. The van der Waals surface area contributed by atoms with E-state index in [4.69, 9.17) is 9.47 Å². The van der Waals surface area contributed by atoms with Gasteiger partial charge in [-0.05, 0) is 50.2 Å². The highest BCUT2D eigenvalue weighted by Crippen LogP contribution is 2.29. The summed E-state index contributed by atoms with van der Waals surface area (Å²) in [6.07, 6.45) is 3.83. The number of hydrogen-bond acceptors (Lipinski definition) is 6. The van der Waals surface area contributed by atoms with Crippen molar-refractivity contribution in [2.24, 2.45) is 0 Å². The number of imidazole rings is 1. The maximum atomic E-state index is 5.88. The molecule has 4 rings (SSSR count). The largest absolute Gasteiger partial charge is 0.492 e. The smallest absolute Gasteiger partial charge is 0.142 e. The summed E-state index contributed by atoms with van der Waals surface area (Å²) in [5, 5.41) is 3.71. The molecular formula is C26H35N5O2. The fraction of sp³-hybridized carbons (Fsp3) is 0.423. The van der Waals surface area contributed by atoms with E-state index >= 15 is 0 Å². The van der Waals surface area contributed by atoms with Crippen molar-refractivity contribution in [3.8, 4) is 11.4 Å². The molecule has 1 unspecified atom stereocenters. The van der Waals surface area contributed by atoms with Crippen molar-refractivity contribution < 1.29 is 9.47 Å². The normalized spacial score (nSPS) is 16.1. The Bertz CT molecular complexity index is 1000. The highest BCUT2D eigenvalue weighted by Gasteiger charge is 2.24. The molecule has 2 heterocycles. The summed E-state index contributed by atoms with van der Waals surface area (Å²) in [6, 6.07) is 17.4. The zero-order chi connectivity index (χ0) is 23.0. The van der Waals surface area contributed by atoms with E-state index in [-0.39, 0.29) is 0 Å². The van der Waals surface area contributed by atoms with Gasteiger partial charge in [0.25, 0.3) is 0 Å². The van der Waals surface area contributed by atoms with Gasteiger partial charge in [0.2, 0.25) is 0 Å². The van der Waals surface area contributed by atoms with Crippen LogP contribution in [0.5, 0.6) is 5.75 Å². The van der Waals surface area contributed by atoms with Crippen LogP contribution in [0.1, 0.15) is 12.7 Å². The lowest BCUT2D eigenvalue weighted by Crippen LogP contribution is -2.55. The lowest BCUT2D eigenvalue weighted by molar-refractivity contribution is 0.204. The minimum atomic E-state index is 0.334. The maximum Gasteiger partial charge on any atom is 0.142 e. The van der Waals surface area contributed by atoms with E-state index in [2.05, 4.69) is 67.1 Å². The topological polar surface area (TPSA) is 54.8 Å². The van der Waals surface area contributed by atoms with Crippen LogP contribution >= 0.6 is 0 Å². The number of ether oxygens (including phenoxy) is 2. The van der Waals surface area contributed by atoms with Crippen LogP contribution in [0.4, 0.5) is 11.4 Å². The number of aryl methyl sites for hydroxylation is 1. The second-order valence-corrected chi connectivity index (χ2v) is 8.30. The van der Waals surface area contributed by atoms with Gasteiger partial charge in [-0.3, -0.25) is 0 Å². The Morgan fingerprint density at radius 1 is 1.15 bits per heavy atom. The summed E-state index contributed by atoms with van der Waals surface area (Å²) in [7, 11) is 1.76. The first-order chi connectivity index (χ1) is 16.2. The number of piperazine rings is 1. The summed E-state index contributed by atoms with van der Waals surface area (Å²) in [5.74, 6) is 1.94. The Kier molecular flexibility index (Phi) is 7.86. The van der Waals surface area contributed by atoms with Crippen molar-refractivity contribution >= 4 is 11.4 Å². The molecule has 0 radical (unpaired) electrons. The van der Waals surface area contributed by atoms with Gasteiger partial charge in [-0.1, -0.05) is 12.1 Å². The quantitative estimate of drug-likeness (QED) is 0.511. The van der Waals surface area contributed by atoms with Gasteiger partial charge in [-0.2, -0.15) is 0 Å². The van der Waals surface area contributed by atoms with Crippen LogP contribution in [0, 0.1) is 6.92 Å². The highest BCUT2D eigenvalue weighted by molar-refractivity contribution is 5.59. The molecule has 1 aromatic heterocycles.